The van der Waals surface area contributed by atoms with Gasteiger partial charge in [0.2, 0.25) is 0 Å². The van der Waals surface area contributed by atoms with Crippen molar-refractivity contribution in [3.63, 3.8) is 0 Å². The van der Waals surface area contributed by atoms with Crippen LogP contribution in [0, 0.1) is 5.82 Å². The fraction of sp³-hybridized carbons (Fsp3) is 0. The summed E-state index contributed by atoms with van der Waals surface area (Å²) in [5.74, 6) is -0.332. The van der Waals surface area contributed by atoms with Gasteiger partial charge in [-0.15, -0.1) is 0 Å². The molecule has 0 bridgehead atoms. The average Bonchev–Trinajstić information content (AvgIpc) is 2.92. The van der Waals surface area contributed by atoms with Crippen molar-refractivity contribution in [2.45, 2.75) is 0 Å². The second-order valence-electron chi connectivity index (χ2n) is 4.24. The summed E-state index contributed by atoms with van der Waals surface area (Å²) in [6.07, 6.45) is 3.57. The largest absolute Gasteiger partial charge is 0.397 e. The van der Waals surface area contributed by atoms with Crippen LogP contribution in [0.25, 0.3) is 16.8 Å². The summed E-state index contributed by atoms with van der Waals surface area (Å²) < 4.78 is 14.8. The van der Waals surface area contributed by atoms with Crippen LogP contribution in [0.1, 0.15) is 0 Å². The zero-order valence-corrected chi connectivity index (χ0v) is 10.1. The molecular formula is C15H12FN3. The van der Waals surface area contributed by atoms with Gasteiger partial charge in [-0.25, -0.2) is 9.07 Å². The standard InChI is InChI=1S/C15H12FN3/c16-13-6-7-14(17)15(8-13)19-10-12(9-18-19)11-4-2-1-3-5-11/h1-10H,17H2. The highest BCUT2D eigenvalue weighted by molar-refractivity contribution is 5.64. The smallest absolute Gasteiger partial charge is 0.125 e. The van der Waals surface area contributed by atoms with Gasteiger partial charge in [0.1, 0.15) is 5.82 Å². The third-order valence-corrected chi connectivity index (χ3v) is 2.93. The minimum atomic E-state index is -0.332. The zero-order valence-electron chi connectivity index (χ0n) is 10.1. The SMILES string of the molecule is Nc1ccc(F)cc1-n1cc(-c2ccccc2)cn1. The van der Waals surface area contributed by atoms with Gasteiger partial charge in [-0.1, -0.05) is 30.3 Å². The van der Waals surface area contributed by atoms with E-state index < -0.39 is 0 Å². The highest BCUT2D eigenvalue weighted by Crippen LogP contribution is 2.22. The predicted octanol–water partition coefficient (Wildman–Crippen LogP) is 3.26. The molecule has 1 heterocycles. The Morgan fingerprint density at radius 1 is 1.00 bits per heavy atom. The molecule has 4 heteroatoms. The molecule has 0 spiro atoms. The molecule has 0 aliphatic rings. The van der Waals surface area contributed by atoms with E-state index in [1.54, 1.807) is 10.9 Å². The van der Waals surface area contributed by atoms with Gasteiger partial charge in [0.05, 0.1) is 17.6 Å². The van der Waals surface area contributed by atoms with Gasteiger partial charge in [-0.2, -0.15) is 5.10 Å². The van der Waals surface area contributed by atoms with Crippen LogP contribution in [0.5, 0.6) is 0 Å². The average molecular weight is 253 g/mol. The lowest BCUT2D eigenvalue weighted by molar-refractivity contribution is 0.626. The second kappa shape index (κ2) is 4.57. The van der Waals surface area contributed by atoms with Crippen molar-refractivity contribution in [2.75, 3.05) is 5.73 Å². The summed E-state index contributed by atoms with van der Waals surface area (Å²) in [6, 6.07) is 14.1. The topological polar surface area (TPSA) is 43.8 Å². The third-order valence-electron chi connectivity index (χ3n) is 2.93. The van der Waals surface area contributed by atoms with Gasteiger partial charge in [0.25, 0.3) is 0 Å². The van der Waals surface area contributed by atoms with Crippen molar-refractivity contribution in [1.29, 1.82) is 0 Å². The van der Waals surface area contributed by atoms with Gasteiger partial charge < -0.3 is 5.73 Å². The maximum atomic E-state index is 13.3. The summed E-state index contributed by atoms with van der Waals surface area (Å²) in [4.78, 5) is 0. The van der Waals surface area contributed by atoms with Crippen LogP contribution >= 0.6 is 0 Å². The minimum Gasteiger partial charge on any atom is -0.397 e. The molecule has 0 radical (unpaired) electrons. The van der Waals surface area contributed by atoms with Crippen LogP contribution in [0.3, 0.4) is 0 Å². The maximum absolute atomic E-state index is 13.3. The molecule has 0 atom stereocenters. The first kappa shape index (κ1) is 11.5. The van der Waals surface area contributed by atoms with Crippen molar-refractivity contribution in [2.24, 2.45) is 0 Å². The Balaban J connectivity index is 2.04. The van der Waals surface area contributed by atoms with Crippen LogP contribution in [0.15, 0.2) is 60.9 Å². The van der Waals surface area contributed by atoms with E-state index in [0.29, 0.717) is 11.4 Å². The van der Waals surface area contributed by atoms with E-state index in [-0.39, 0.29) is 5.82 Å². The number of rotatable bonds is 2. The number of halogens is 1. The third kappa shape index (κ3) is 2.20. The summed E-state index contributed by atoms with van der Waals surface area (Å²) in [7, 11) is 0. The van der Waals surface area contributed by atoms with E-state index in [4.69, 9.17) is 5.73 Å². The molecular weight excluding hydrogens is 241 g/mol. The molecule has 0 unspecified atom stereocenters. The van der Waals surface area contributed by atoms with E-state index >= 15 is 0 Å². The Labute approximate surface area is 110 Å². The molecule has 3 aromatic rings. The summed E-state index contributed by atoms with van der Waals surface area (Å²) >= 11 is 0. The molecule has 0 aliphatic carbocycles. The highest BCUT2D eigenvalue weighted by Gasteiger charge is 2.07. The number of aromatic nitrogens is 2. The number of benzene rings is 2. The first-order chi connectivity index (χ1) is 9.24. The summed E-state index contributed by atoms with van der Waals surface area (Å²) in [5, 5.41) is 4.23. The van der Waals surface area contributed by atoms with Crippen LogP contribution in [0.4, 0.5) is 10.1 Å². The first-order valence-corrected chi connectivity index (χ1v) is 5.89. The van der Waals surface area contributed by atoms with Gasteiger partial charge in [0, 0.05) is 17.8 Å². The van der Waals surface area contributed by atoms with Gasteiger partial charge in [-0.3, -0.25) is 0 Å². The summed E-state index contributed by atoms with van der Waals surface area (Å²) in [6.45, 7) is 0. The molecule has 3 rings (SSSR count). The van der Waals surface area contributed by atoms with E-state index in [1.165, 1.54) is 18.2 Å². The van der Waals surface area contributed by atoms with Crippen molar-refractivity contribution < 1.29 is 4.39 Å². The molecule has 0 saturated carbocycles. The monoisotopic (exact) mass is 253 g/mol. The van der Waals surface area contributed by atoms with Crippen LogP contribution < -0.4 is 5.73 Å². The van der Waals surface area contributed by atoms with Crippen LogP contribution in [-0.2, 0) is 0 Å². The Bertz CT molecular complexity index is 704. The zero-order chi connectivity index (χ0) is 13.2. The van der Waals surface area contributed by atoms with E-state index in [9.17, 15) is 4.39 Å². The maximum Gasteiger partial charge on any atom is 0.125 e. The minimum absolute atomic E-state index is 0.332. The molecule has 2 N–H and O–H groups in total. The second-order valence-corrected chi connectivity index (χ2v) is 4.24. The molecule has 94 valence electrons. The van der Waals surface area contributed by atoms with Crippen molar-refractivity contribution >= 4 is 5.69 Å². The van der Waals surface area contributed by atoms with E-state index in [1.807, 2.05) is 36.5 Å². The van der Waals surface area contributed by atoms with Gasteiger partial charge >= 0.3 is 0 Å². The van der Waals surface area contributed by atoms with Crippen molar-refractivity contribution in [3.8, 4) is 16.8 Å². The van der Waals surface area contributed by atoms with Gasteiger partial charge in [0.15, 0.2) is 0 Å². The Morgan fingerprint density at radius 3 is 2.58 bits per heavy atom. The van der Waals surface area contributed by atoms with E-state index in [2.05, 4.69) is 5.10 Å². The van der Waals surface area contributed by atoms with Crippen molar-refractivity contribution in [1.82, 2.24) is 9.78 Å². The Morgan fingerprint density at radius 2 is 1.79 bits per heavy atom. The van der Waals surface area contributed by atoms with Crippen LogP contribution in [-0.4, -0.2) is 9.78 Å². The number of nitrogens with zero attached hydrogens (tertiary/aromatic N) is 2. The molecule has 0 fully saturated rings. The van der Waals surface area contributed by atoms with E-state index in [0.717, 1.165) is 11.1 Å². The fourth-order valence-electron chi connectivity index (χ4n) is 1.95. The lowest BCUT2D eigenvalue weighted by atomic mass is 10.1. The molecule has 19 heavy (non-hydrogen) atoms. The molecule has 0 amide bonds. The Kier molecular flexibility index (Phi) is 2.76. The molecule has 1 aromatic heterocycles. The number of nitrogens with two attached hydrogens (primary N) is 1. The van der Waals surface area contributed by atoms with Gasteiger partial charge in [-0.05, 0) is 17.7 Å². The molecule has 3 nitrogen and oxygen atoms in total. The predicted molar refractivity (Wildman–Crippen MR) is 73.4 cm³/mol. The molecule has 0 aliphatic heterocycles. The van der Waals surface area contributed by atoms with Crippen molar-refractivity contribution in [3.05, 3.63) is 66.7 Å². The molecule has 2 aromatic carbocycles. The number of hydrogen-bond acceptors (Lipinski definition) is 2. The normalized spacial score (nSPS) is 10.6. The highest BCUT2D eigenvalue weighted by atomic mass is 19.1. The first-order valence-electron chi connectivity index (χ1n) is 5.89. The lowest BCUT2D eigenvalue weighted by Gasteiger charge is -2.05. The fourth-order valence-corrected chi connectivity index (χ4v) is 1.95. The lowest BCUT2D eigenvalue weighted by Crippen LogP contribution is -2.00. The molecule has 0 saturated heterocycles. The summed E-state index contributed by atoms with van der Waals surface area (Å²) in [5.41, 5.74) is 8.90. The van der Waals surface area contributed by atoms with Crippen LogP contribution in [0.2, 0.25) is 0 Å². The number of nitrogen functional groups attached to an aromatic ring is 1. The number of anilines is 1. The Hall–Kier alpha value is -2.62. The number of hydrogen-bond donors (Lipinski definition) is 1. The quantitative estimate of drug-likeness (QED) is 0.712.